The van der Waals surface area contributed by atoms with E-state index in [0.717, 1.165) is 30.1 Å². The zero-order valence-electron chi connectivity index (χ0n) is 13.9. The van der Waals surface area contributed by atoms with Gasteiger partial charge in [-0.15, -0.1) is 0 Å². The first-order valence-electron chi connectivity index (χ1n) is 9.48. The molecule has 2 fully saturated rings. The van der Waals surface area contributed by atoms with Crippen LogP contribution >= 0.6 is 0 Å². The molecule has 1 atom stereocenters. The summed E-state index contributed by atoms with van der Waals surface area (Å²) in [6.07, 6.45) is 17.4. The SMILES string of the molecule is CCC1CCC(CCC2CCC(C(N)CC)CC2)CC1. The summed E-state index contributed by atoms with van der Waals surface area (Å²) in [4.78, 5) is 0. The molecule has 2 rings (SSSR count). The minimum absolute atomic E-state index is 0.472. The van der Waals surface area contributed by atoms with Crippen LogP contribution in [0, 0.1) is 23.7 Å². The molecule has 0 bridgehead atoms. The Kier molecular flexibility index (Phi) is 6.87. The normalized spacial score (nSPS) is 36.8. The van der Waals surface area contributed by atoms with Gasteiger partial charge in [-0.05, 0) is 42.9 Å². The van der Waals surface area contributed by atoms with Gasteiger partial charge < -0.3 is 5.73 Å². The first-order valence-corrected chi connectivity index (χ1v) is 9.48. The molecule has 2 N–H and O–H groups in total. The van der Waals surface area contributed by atoms with E-state index in [1.165, 1.54) is 70.6 Å². The van der Waals surface area contributed by atoms with E-state index in [0.29, 0.717) is 6.04 Å². The van der Waals surface area contributed by atoms with Gasteiger partial charge in [-0.25, -0.2) is 0 Å². The lowest BCUT2D eigenvalue weighted by Gasteiger charge is -2.33. The summed E-state index contributed by atoms with van der Waals surface area (Å²) in [5, 5.41) is 0. The highest BCUT2D eigenvalue weighted by molar-refractivity contribution is 4.80. The van der Waals surface area contributed by atoms with Crippen molar-refractivity contribution >= 4 is 0 Å². The van der Waals surface area contributed by atoms with Gasteiger partial charge in [-0.2, -0.15) is 0 Å². The van der Waals surface area contributed by atoms with E-state index in [9.17, 15) is 0 Å². The summed E-state index contributed by atoms with van der Waals surface area (Å²) in [7, 11) is 0. The Morgan fingerprint density at radius 1 is 0.750 bits per heavy atom. The van der Waals surface area contributed by atoms with Crippen molar-refractivity contribution in [3.8, 4) is 0 Å². The Bertz CT molecular complexity index is 246. The highest BCUT2D eigenvalue weighted by atomic mass is 14.6. The Balaban J connectivity index is 1.59. The van der Waals surface area contributed by atoms with E-state index in [-0.39, 0.29) is 0 Å². The van der Waals surface area contributed by atoms with Crippen molar-refractivity contribution in [3.05, 3.63) is 0 Å². The molecule has 1 heteroatoms. The molecular weight excluding hydrogens is 242 g/mol. The van der Waals surface area contributed by atoms with E-state index in [4.69, 9.17) is 5.73 Å². The molecule has 0 spiro atoms. The lowest BCUT2D eigenvalue weighted by atomic mass is 9.74. The van der Waals surface area contributed by atoms with Crippen LogP contribution < -0.4 is 5.73 Å². The fraction of sp³-hybridized carbons (Fsp3) is 1.00. The van der Waals surface area contributed by atoms with Crippen LogP contribution in [0.2, 0.25) is 0 Å². The summed E-state index contributed by atoms with van der Waals surface area (Å²) in [5.41, 5.74) is 6.21. The summed E-state index contributed by atoms with van der Waals surface area (Å²) in [6, 6.07) is 0.472. The molecule has 2 aliphatic carbocycles. The van der Waals surface area contributed by atoms with Gasteiger partial charge in [0.05, 0.1) is 0 Å². The smallest absolute Gasteiger partial charge is 0.00645 e. The second kappa shape index (κ2) is 8.41. The standard InChI is InChI=1S/C19H37N/c1-3-15-5-7-16(8-6-15)9-10-17-11-13-18(14-12-17)19(20)4-2/h15-19H,3-14,20H2,1-2H3. The van der Waals surface area contributed by atoms with Gasteiger partial charge in [-0.1, -0.05) is 71.6 Å². The maximum Gasteiger partial charge on any atom is 0.00645 e. The van der Waals surface area contributed by atoms with Crippen molar-refractivity contribution < 1.29 is 0 Å². The van der Waals surface area contributed by atoms with E-state index in [1.807, 2.05) is 0 Å². The Labute approximate surface area is 127 Å². The first-order chi connectivity index (χ1) is 9.72. The number of hydrogen-bond acceptors (Lipinski definition) is 1. The predicted molar refractivity (Wildman–Crippen MR) is 88.7 cm³/mol. The van der Waals surface area contributed by atoms with Crippen LogP contribution in [0.5, 0.6) is 0 Å². The molecule has 0 aromatic heterocycles. The van der Waals surface area contributed by atoms with Crippen molar-refractivity contribution in [2.45, 2.75) is 96.9 Å². The molecule has 2 aliphatic rings. The average molecular weight is 280 g/mol. The van der Waals surface area contributed by atoms with Crippen LogP contribution in [0.1, 0.15) is 90.9 Å². The molecule has 20 heavy (non-hydrogen) atoms. The highest BCUT2D eigenvalue weighted by Crippen LogP contribution is 2.37. The van der Waals surface area contributed by atoms with Crippen molar-refractivity contribution in [3.63, 3.8) is 0 Å². The van der Waals surface area contributed by atoms with Crippen molar-refractivity contribution in [2.24, 2.45) is 29.4 Å². The molecule has 1 nitrogen and oxygen atoms in total. The van der Waals surface area contributed by atoms with Crippen LogP contribution in [0.4, 0.5) is 0 Å². The molecule has 1 unspecified atom stereocenters. The Morgan fingerprint density at radius 2 is 1.20 bits per heavy atom. The topological polar surface area (TPSA) is 26.0 Å². The minimum atomic E-state index is 0.472. The van der Waals surface area contributed by atoms with E-state index in [2.05, 4.69) is 13.8 Å². The van der Waals surface area contributed by atoms with Crippen molar-refractivity contribution in [1.29, 1.82) is 0 Å². The summed E-state index contributed by atoms with van der Waals surface area (Å²) in [6.45, 7) is 4.61. The Morgan fingerprint density at radius 3 is 1.65 bits per heavy atom. The minimum Gasteiger partial charge on any atom is -0.327 e. The monoisotopic (exact) mass is 279 g/mol. The largest absolute Gasteiger partial charge is 0.327 e. The highest BCUT2D eigenvalue weighted by Gasteiger charge is 2.26. The third kappa shape index (κ3) is 4.76. The third-order valence-corrected chi connectivity index (χ3v) is 6.50. The number of nitrogens with two attached hydrogens (primary N) is 1. The third-order valence-electron chi connectivity index (χ3n) is 6.50. The lowest BCUT2D eigenvalue weighted by Crippen LogP contribution is -2.32. The van der Waals surface area contributed by atoms with Gasteiger partial charge in [0.15, 0.2) is 0 Å². The molecule has 0 heterocycles. The molecule has 2 saturated carbocycles. The van der Waals surface area contributed by atoms with Gasteiger partial charge in [-0.3, -0.25) is 0 Å². The van der Waals surface area contributed by atoms with Crippen molar-refractivity contribution in [1.82, 2.24) is 0 Å². The van der Waals surface area contributed by atoms with E-state index in [1.54, 1.807) is 0 Å². The van der Waals surface area contributed by atoms with E-state index < -0.39 is 0 Å². The number of rotatable bonds is 6. The maximum absolute atomic E-state index is 6.21. The quantitative estimate of drug-likeness (QED) is 0.680. The van der Waals surface area contributed by atoms with E-state index >= 15 is 0 Å². The fourth-order valence-electron chi connectivity index (χ4n) is 4.64. The van der Waals surface area contributed by atoms with Crippen LogP contribution in [0.3, 0.4) is 0 Å². The van der Waals surface area contributed by atoms with Gasteiger partial charge in [0.2, 0.25) is 0 Å². The van der Waals surface area contributed by atoms with Crippen LogP contribution in [0.15, 0.2) is 0 Å². The zero-order chi connectivity index (χ0) is 14.4. The fourth-order valence-corrected chi connectivity index (χ4v) is 4.64. The second-order valence-corrected chi connectivity index (χ2v) is 7.73. The summed E-state index contributed by atoms with van der Waals surface area (Å²) < 4.78 is 0. The molecule has 0 aromatic carbocycles. The lowest BCUT2D eigenvalue weighted by molar-refractivity contribution is 0.202. The van der Waals surface area contributed by atoms with Gasteiger partial charge in [0.25, 0.3) is 0 Å². The molecule has 0 aromatic rings. The molecule has 0 aliphatic heterocycles. The maximum atomic E-state index is 6.21. The Hall–Kier alpha value is -0.0400. The van der Waals surface area contributed by atoms with Gasteiger partial charge in [0, 0.05) is 6.04 Å². The van der Waals surface area contributed by atoms with Crippen LogP contribution in [0.25, 0.3) is 0 Å². The van der Waals surface area contributed by atoms with Crippen LogP contribution in [-0.4, -0.2) is 6.04 Å². The summed E-state index contributed by atoms with van der Waals surface area (Å²) in [5.74, 6) is 3.97. The average Bonchev–Trinajstić information content (AvgIpc) is 2.53. The molecule has 0 amide bonds. The second-order valence-electron chi connectivity index (χ2n) is 7.73. The number of hydrogen-bond donors (Lipinski definition) is 1. The molecule has 0 saturated heterocycles. The van der Waals surface area contributed by atoms with Gasteiger partial charge >= 0.3 is 0 Å². The van der Waals surface area contributed by atoms with Crippen LogP contribution in [-0.2, 0) is 0 Å². The zero-order valence-corrected chi connectivity index (χ0v) is 13.9. The van der Waals surface area contributed by atoms with Crippen molar-refractivity contribution in [2.75, 3.05) is 0 Å². The molecule has 118 valence electrons. The molecular formula is C19H37N. The van der Waals surface area contributed by atoms with Gasteiger partial charge in [0.1, 0.15) is 0 Å². The summed E-state index contributed by atoms with van der Waals surface area (Å²) >= 11 is 0. The molecule has 0 radical (unpaired) electrons. The predicted octanol–water partition coefficient (Wildman–Crippen LogP) is 5.53. The first kappa shape index (κ1) is 16.3.